The molecule has 5 aromatic rings. The van der Waals surface area contributed by atoms with Gasteiger partial charge in [0.25, 0.3) is 0 Å². The molecular formula is C31H29Br2N11O4. The number of amides is 1. The maximum absolute atomic E-state index is 12.8. The van der Waals surface area contributed by atoms with Crippen LogP contribution in [0.3, 0.4) is 0 Å². The molecule has 4 aromatic heterocycles. The third-order valence-electron chi connectivity index (χ3n) is 6.98. The van der Waals surface area contributed by atoms with Gasteiger partial charge < -0.3 is 46.9 Å². The number of carbonyl (C=O) groups excluding carboxylic acids is 1. The highest BCUT2D eigenvalue weighted by Crippen LogP contribution is 2.31. The van der Waals surface area contributed by atoms with E-state index >= 15 is 0 Å². The van der Waals surface area contributed by atoms with E-state index in [1.54, 1.807) is 31.6 Å². The van der Waals surface area contributed by atoms with Gasteiger partial charge in [-0.05, 0) is 68.3 Å². The van der Waals surface area contributed by atoms with Crippen molar-refractivity contribution in [3.05, 3.63) is 105 Å². The third-order valence-corrected chi connectivity index (χ3v) is 7.60. The lowest BCUT2D eigenvalue weighted by Crippen LogP contribution is -3.00. The number of ether oxygens (including phenoxy) is 1. The van der Waals surface area contributed by atoms with Gasteiger partial charge in [0.1, 0.15) is 36.9 Å². The average molecular weight is 779 g/mol. The Balaban J connectivity index is 0.00000520. The van der Waals surface area contributed by atoms with Gasteiger partial charge in [-0.15, -0.1) is 0 Å². The van der Waals surface area contributed by atoms with Crippen molar-refractivity contribution in [3.63, 3.8) is 0 Å². The topological polar surface area (TPSA) is 187 Å². The number of halogens is 2. The molecule has 0 bridgehead atoms. The Hall–Kier alpha value is -5.31. The summed E-state index contributed by atoms with van der Waals surface area (Å²) in [6, 6.07) is 14.7. The molecular weight excluding hydrogens is 750 g/mol. The number of rotatable bonds is 12. The fraction of sp³-hybridized carbons (Fsp3) is 0.194. The maximum atomic E-state index is 12.8. The molecule has 0 saturated heterocycles. The summed E-state index contributed by atoms with van der Waals surface area (Å²) in [5.41, 5.74) is 2.45. The van der Waals surface area contributed by atoms with Crippen LogP contribution in [0.4, 0.5) is 23.1 Å². The first-order chi connectivity index (χ1) is 22.5. The lowest BCUT2D eigenvalue weighted by molar-refractivity contribution is -0.898. The summed E-state index contributed by atoms with van der Waals surface area (Å²) in [4.78, 5) is 44.7. The van der Waals surface area contributed by atoms with E-state index in [9.17, 15) is 20.2 Å². The minimum atomic E-state index is -0.599. The Labute approximate surface area is 294 Å². The van der Waals surface area contributed by atoms with E-state index in [1.807, 2.05) is 56.6 Å². The number of pyridine rings is 2. The van der Waals surface area contributed by atoms with Crippen molar-refractivity contribution < 1.29 is 35.9 Å². The number of nitrogens with zero attached hydrogens (tertiary/aromatic N) is 9. The first-order valence-corrected chi connectivity index (χ1v) is 14.9. The van der Waals surface area contributed by atoms with Crippen molar-refractivity contribution in [2.24, 2.45) is 7.05 Å². The van der Waals surface area contributed by atoms with E-state index < -0.39 is 10.8 Å². The van der Waals surface area contributed by atoms with Crippen molar-refractivity contribution in [1.82, 2.24) is 29.5 Å². The van der Waals surface area contributed by atoms with Gasteiger partial charge in [-0.2, -0.15) is 5.26 Å². The number of hydrogen-bond donors (Lipinski definition) is 2. The Morgan fingerprint density at radius 1 is 1.19 bits per heavy atom. The van der Waals surface area contributed by atoms with E-state index in [2.05, 4.69) is 51.5 Å². The fourth-order valence-electron chi connectivity index (χ4n) is 4.62. The molecule has 0 aliphatic heterocycles. The summed E-state index contributed by atoms with van der Waals surface area (Å²) >= 11 is 3.56. The lowest BCUT2D eigenvalue weighted by Gasteiger charge is -2.28. The van der Waals surface area contributed by atoms with Crippen molar-refractivity contribution >= 4 is 55.9 Å². The SMILES string of the molecule is Cn1c(C#N)nc([N+](=O)[O-])c1C[N+](C)(C)C/C=C/C(=O)Nc1cc2c(Nc3ccc(OCc4ccccn4)c(Br)c3)ncnc2cn1.[Br-]. The van der Waals surface area contributed by atoms with E-state index in [0.717, 1.165) is 15.9 Å². The molecule has 5 rings (SSSR count). The van der Waals surface area contributed by atoms with Gasteiger partial charge in [0.05, 0.1) is 42.5 Å². The van der Waals surface area contributed by atoms with Crippen LogP contribution >= 0.6 is 15.9 Å². The van der Waals surface area contributed by atoms with Crippen LogP contribution in [0, 0.1) is 21.4 Å². The number of imidazole rings is 1. The highest BCUT2D eigenvalue weighted by Gasteiger charge is 2.30. The van der Waals surface area contributed by atoms with Crippen molar-refractivity contribution in [2.45, 2.75) is 13.2 Å². The molecule has 48 heavy (non-hydrogen) atoms. The zero-order valence-electron chi connectivity index (χ0n) is 26.0. The number of fused-ring (bicyclic) bond motifs is 1. The van der Waals surface area contributed by atoms with Crippen molar-refractivity contribution in [1.29, 1.82) is 5.26 Å². The number of hydrogen-bond acceptors (Lipinski definition) is 11. The highest BCUT2D eigenvalue weighted by atomic mass is 79.9. The molecule has 0 saturated carbocycles. The first-order valence-electron chi connectivity index (χ1n) is 14.1. The minimum Gasteiger partial charge on any atom is -1.00 e. The zero-order valence-corrected chi connectivity index (χ0v) is 29.1. The number of benzene rings is 1. The van der Waals surface area contributed by atoms with Gasteiger partial charge in [0, 0.05) is 30.4 Å². The van der Waals surface area contributed by atoms with Crippen LogP contribution in [0.25, 0.3) is 10.9 Å². The molecule has 0 aliphatic carbocycles. The highest BCUT2D eigenvalue weighted by molar-refractivity contribution is 9.10. The van der Waals surface area contributed by atoms with E-state index in [-0.39, 0.29) is 39.7 Å². The molecule has 4 heterocycles. The van der Waals surface area contributed by atoms with Crippen LogP contribution in [0.1, 0.15) is 17.2 Å². The Kier molecular flexibility index (Phi) is 11.5. The largest absolute Gasteiger partial charge is 1.00 e. The monoisotopic (exact) mass is 777 g/mol. The first kappa shape index (κ1) is 35.5. The average Bonchev–Trinajstić information content (AvgIpc) is 3.35. The number of nitrogens with one attached hydrogen (secondary N) is 2. The Morgan fingerprint density at radius 2 is 2.00 bits per heavy atom. The molecule has 0 aliphatic rings. The second-order valence-electron chi connectivity index (χ2n) is 11.0. The molecule has 0 spiro atoms. The summed E-state index contributed by atoms with van der Waals surface area (Å²) in [6.45, 7) is 0.913. The number of carbonyl (C=O) groups is 1. The van der Waals surface area contributed by atoms with Crippen LogP contribution in [0.15, 0.2) is 77.8 Å². The maximum Gasteiger partial charge on any atom is 0.392 e. The predicted octanol–water partition coefficient (Wildman–Crippen LogP) is 1.79. The van der Waals surface area contributed by atoms with E-state index in [4.69, 9.17) is 4.74 Å². The number of anilines is 3. The third kappa shape index (κ3) is 8.73. The summed E-state index contributed by atoms with van der Waals surface area (Å²) in [6.07, 6.45) is 7.73. The van der Waals surface area contributed by atoms with Crippen LogP contribution in [-0.4, -0.2) is 65.4 Å². The molecule has 0 atom stereocenters. The smallest absolute Gasteiger partial charge is 0.392 e. The van der Waals surface area contributed by atoms with Crippen LogP contribution in [0.2, 0.25) is 0 Å². The number of aromatic nitrogens is 6. The lowest BCUT2D eigenvalue weighted by atomic mass is 10.2. The minimum absolute atomic E-state index is 0. The molecule has 0 radical (unpaired) electrons. The summed E-state index contributed by atoms with van der Waals surface area (Å²) in [5, 5.41) is 27.4. The quantitative estimate of drug-likeness (QED) is 0.0814. The molecule has 17 heteroatoms. The zero-order chi connectivity index (χ0) is 33.6. The molecule has 15 nitrogen and oxygen atoms in total. The summed E-state index contributed by atoms with van der Waals surface area (Å²) < 4.78 is 8.32. The van der Waals surface area contributed by atoms with Gasteiger partial charge in [-0.1, -0.05) is 6.07 Å². The van der Waals surface area contributed by atoms with E-state index in [1.165, 1.54) is 17.0 Å². The number of nitro groups is 1. The summed E-state index contributed by atoms with van der Waals surface area (Å²) in [5.74, 6) is 0.665. The van der Waals surface area contributed by atoms with Gasteiger partial charge in [-0.3, -0.25) is 14.3 Å². The normalized spacial score (nSPS) is 11.1. The predicted molar refractivity (Wildman–Crippen MR) is 176 cm³/mol. The van der Waals surface area contributed by atoms with Gasteiger partial charge in [-0.25, -0.2) is 15.0 Å². The molecule has 1 amide bonds. The number of likely N-dealkylation sites (N-methyl/N-ethyl adjacent to an activating group) is 1. The van der Waals surface area contributed by atoms with Gasteiger partial charge >= 0.3 is 11.6 Å². The van der Waals surface area contributed by atoms with Crippen LogP contribution in [-0.2, 0) is 25.0 Å². The second-order valence-corrected chi connectivity index (χ2v) is 11.8. The second kappa shape index (κ2) is 15.5. The molecule has 0 fully saturated rings. The van der Waals surface area contributed by atoms with Gasteiger partial charge in [0.15, 0.2) is 11.8 Å². The van der Waals surface area contributed by atoms with Crippen LogP contribution < -0.4 is 32.4 Å². The number of nitriles is 1. The molecule has 246 valence electrons. The summed E-state index contributed by atoms with van der Waals surface area (Å²) in [7, 11) is 5.27. The molecule has 0 unspecified atom stereocenters. The van der Waals surface area contributed by atoms with Crippen LogP contribution in [0.5, 0.6) is 5.75 Å². The standard InChI is InChI=1S/C31H28BrN11O4.BrH/c1-41-25(31(42(45)46)40-28(41)15-33)17-43(2,3)12-6-8-29(44)39-27-14-22-24(16-35-27)36-19-37-30(22)38-20-9-10-26(23(32)13-20)47-18-21-7-4-5-11-34-21;/h4-11,13-14,16,19H,12,17-18H2,1-3H3,(H-,35,36,37,38,39,44);1H/b8-6+;. The Bertz CT molecular complexity index is 2030. The fourth-order valence-corrected chi connectivity index (χ4v) is 5.11. The van der Waals surface area contributed by atoms with Crippen molar-refractivity contribution in [3.8, 4) is 11.8 Å². The molecule has 2 N–H and O–H groups in total. The Morgan fingerprint density at radius 3 is 2.71 bits per heavy atom. The van der Waals surface area contributed by atoms with Gasteiger partial charge in [0.2, 0.25) is 5.91 Å². The molecule has 1 aromatic carbocycles. The van der Waals surface area contributed by atoms with Crippen molar-refractivity contribution in [2.75, 3.05) is 31.3 Å². The number of quaternary nitrogens is 1. The van der Waals surface area contributed by atoms with E-state index in [0.29, 0.717) is 47.1 Å².